The Hall–Kier alpha value is -2.07. The molecule has 2 aromatic carbocycles. The van der Waals surface area contributed by atoms with E-state index >= 15 is 0 Å². The van der Waals surface area contributed by atoms with Gasteiger partial charge in [0.15, 0.2) is 10.9 Å². The summed E-state index contributed by atoms with van der Waals surface area (Å²) in [6, 6.07) is 13.8. The number of hydrogen-bond donors (Lipinski definition) is 1. The van der Waals surface area contributed by atoms with Crippen molar-refractivity contribution >= 4 is 28.6 Å². The van der Waals surface area contributed by atoms with Gasteiger partial charge in [0, 0.05) is 5.56 Å². The van der Waals surface area contributed by atoms with E-state index in [0.29, 0.717) is 0 Å². The third kappa shape index (κ3) is 3.07. The zero-order chi connectivity index (χ0) is 15.7. The molecule has 0 amide bonds. The first-order valence-corrected chi connectivity index (χ1v) is 8.15. The zero-order valence-corrected chi connectivity index (χ0v) is 13.7. The third-order valence-electron chi connectivity index (χ3n) is 3.61. The van der Waals surface area contributed by atoms with Crippen LogP contribution in [0.1, 0.15) is 28.4 Å². The fraction of sp³-hybridized carbons (Fsp3) is 0.222. The quantitative estimate of drug-likeness (QED) is 0.568. The minimum Gasteiger partial charge on any atom is -0.333 e. The highest BCUT2D eigenvalue weighted by atomic mass is 32.2. The van der Waals surface area contributed by atoms with Crippen molar-refractivity contribution in [1.29, 1.82) is 0 Å². The molecule has 3 nitrogen and oxygen atoms in total. The highest BCUT2D eigenvalue weighted by molar-refractivity contribution is 8.00. The Bertz CT molecular complexity index is 821. The van der Waals surface area contributed by atoms with Gasteiger partial charge in [0.1, 0.15) is 0 Å². The maximum absolute atomic E-state index is 12.5. The number of fused-ring (bicyclic) bond motifs is 1. The van der Waals surface area contributed by atoms with Crippen LogP contribution < -0.4 is 0 Å². The van der Waals surface area contributed by atoms with Crippen molar-refractivity contribution in [2.75, 3.05) is 0 Å². The van der Waals surface area contributed by atoms with Gasteiger partial charge in [0.2, 0.25) is 0 Å². The van der Waals surface area contributed by atoms with Gasteiger partial charge in [-0.05, 0) is 38.5 Å². The molecule has 0 saturated carbocycles. The molecule has 0 bridgehead atoms. The Labute approximate surface area is 134 Å². The van der Waals surface area contributed by atoms with Crippen molar-refractivity contribution in [3.8, 4) is 0 Å². The predicted octanol–water partition coefficient (Wildman–Crippen LogP) is 4.54. The lowest BCUT2D eigenvalue weighted by Gasteiger charge is -2.08. The Morgan fingerprint density at radius 3 is 2.50 bits per heavy atom. The van der Waals surface area contributed by atoms with Crippen LogP contribution in [0.3, 0.4) is 0 Å². The highest BCUT2D eigenvalue weighted by Gasteiger charge is 2.18. The molecule has 1 aromatic heterocycles. The zero-order valence-electron chi connectivity index (χ0n) is 12.9. The van der Waals surface area contributed by atoms with Gasteiger partial charge in [0.05, 0.1) is 16.3 Å². The normalized spacial score (nSPS) is 12.5. The molecule has 0 unspecified atom stereocenters. The number of imidazole rings is 1. The standard InChI is InChI=1S/C18H18N2OS/c1-11-4-7-14(8-5-11)17(21)13(3)22-18-19-15-9-6-12(2)10-16(15)20-18/h4-10,13H,1-3H3,(H,19,20)/t13-/m0/s1. The molecule has 1 atom stereocenters. The molecule has 3 rings (SSSR count). The molecular weight excluding hydrogens is 292 g/mol. The molecule has 1 N–H and O–H groups in total. The largest absolute Gasteiger partial charge is 0.333 e. The number of Topliss-reactive ketones (excluding diaryl/α,β-unsaturated/α-hetero) is 1. The SMILES string of the molecule is Cc1ccc(C(=O)[C@H](C)Sc2nc3ccc(C)cc3[nH]2)cc1. The molecule has 112 valence electrons. The minimum absolute atomic E-state index is 0.127. The highest BCUT2D eigenvalue weighted by Crippen LogP contribution is 2.26. The van der Waals surface area contributed by atoms with E-state index in [9.17, 15) is 4.79 Å². The lowest BCUT2D eigenvalue weighted by Crippen LogP contribution is -2.13. The molecule has 0 saturated heterocycles. The smallest absolute Gasteiger partial charge is 0.175 e. The maximum atomic E-state index is 12.5. The Morgan fingerprint density at radius 1 is 1.09 bits per heavy atom. The fourth-order valence-corrected chi connectivity index (χ4v) is 3.23. The van der Waals surface area contributed by atoms with Crippen LogP contribution in [-0.2, 0) is 0 Å². The van der Waals surface area contributed by atoms with Gasteiger partial charge >= 0.3 is 0 Å². The van der Waals surface area contributed by atoms with Crippen LogP contribution in [0.5, 0.6) is 0 Å². The topological polar surface area (TPSA) is 45.8 Å². The van der Waals surface area contributed by atoms with Crippen molar-refractivity contribution in [3.63, 3.8) is 0 Å². The second-order valence-electron chi connectivity index (χ2n) is 5.55. The summed E-state index contributed by atoms with van der Waals surface area (Å²) in [5.41, 5.74) is 5.04. The van der Waals surface area contributed by atoms with Gasteiger partial charge in [-0.3, -0.25) is 4.79 Å². The summed E-state index contributed by atoms with van der Waals surface area (Å²) in [5, 5.41) is 0.609. The molecule has 4 heteroatoms. The van der Waals surface area contributed by atoms with Crippen molar-refractivity contribution in [3.05, 3.63) is 59.2 Å². The average Bonchev–Trinajstić information content (AvgIpc) is 2.88. The van der Waals surface area contributed by atoms with E-state index in [-0.39, 0.29) is 11.0 Å². The Kier molecular flexibility index (Phi) is 4.03. The summed E-state index contributed by atoms with van der Waals surface area (Å²) in [5.74, 6) is 0.127. The van der Waals surface area contributed by atoms with E-state index in [0.717, 1.165) is 27.3 Å². The number of aromatic amines is 1. The third-order valence-corrected chi connectivity index (χ3v) is 4.59. The molecule has 0 fully saturated rings. The van der Waals surface area contributed by atoms with Gasteiger partial charge in [0.25, 0.3) is 0 Å². The van der Waals surface area contributed by atoms with Crippen LogP contribution in [0.15, 0.2) is 47.6 Å². The number of carbonyl (C=O) groups is 1. The average molecular weight is 310 g/mol. The van der Waals surface area contributed by atoms with Crippen molar-refractivity contribution in [2.45, 2.75) is 31.2 Å². The molecule has 0 aliphatic heterocycles. The first-order valence-electron chi connectivity index (χ1n) is 7.27. The van der Waals surface area contributed by atoms with Gasteiger partial charge in [-0.1, -0.05) is 47.7 Å². The van der Waals surface area contributed by atoms with Crippen LogP contribution in [-0.4, -0.2) is 21.0 Å². The van der Waals surface area contributed by atoms with Crippen LogP contribution >= 0.6 is 11.8 Å². The van der Waals surface area contributed by atoms with Crippen molar-refractivity contribution < 1.29 is 4.79 Å². The predicted molar refractivity (Wildman–Crippen MR) is 91.7 cm³/mol. The van der Waals surface area contributed by atoms with Gasteiger partial charge in [-0.2, -0.15) is 0 Å². The molecule has 1 heterocycles. The van der Waals surface area contributed by atoms with Gasteiger partial charge in [-0.15, -0.1) is 0 Å². The summed E-state index contributed by atoms with van der Waals surface area (Å²) >= 11 is 1.47. The molecule has 22 heavy (non-hydrogen) atoms. The Balaban J connectivity index is 1.78. The van der Waals surface area contributed by atoms with E-state index in [1.54, 1.807) is 0 Å². The van der Waals surface area contributed by atoms with Crippen molar-refractivity contribution in [2.24, 2.45) is 0 Å². The van der Waals surface area contributed by atoms with E-state index in [2.05, 4.69) is 23.0 Å². The summed E-state index contributed by atoms with van der Waals surface area (Å²) < 4.78 is 0. The lowest BCUT2D eigenvalue weighted by molar-refractivity contribution is 0.0994. The summed E-state index contributed by atoms with van der Waals surface area (Å²) in [6.07, 6.45) is 0. The molecular formula is C18H18N2OS. The van der Waals surface area contributed by atoms with Crippen molar-refractivity contribution in [1.82, 2.24) is 9.97 Å². The molecule has 0 aliphatic rings. The summed E-state index contributed by atoms with van der Waals surface area (Å²) in [7, 11) is 0. The molecule has 0 aliphatic carbocycles. The van der Waals surface area contributed by atoms with Crippen LogP contribution in [0, 0.1) is 13.8 Å². The number of aromatic nitrogens is 2. The minimum atomic E-state index is -0.177. The number of ketones is 1. The summed E-state index contributed by atoms with van der Waals surface area (Å²) in [6.45, 7) is 5.99. The second kappa shape index (κ2) is 5.97. The number of nitrogens with zero attached hydrogens (tertiary/aromatic N) is 1. The first kappa shape index (κ1) is 14.9. The summed E-state index contributed by atoms with van der Waals surface area (Å²) in [4.78, 5) is 20.3. The van der Waals surface area contributed by atoms with Crippen LogP contribution in [0.25, 0.3) is 11.0 Å². The monoisotopic (exact) mass is 310 g/mol. The number of nitrogens with one attached hydrogen (secondary N) is 1. The van der Waals surface area contributed by atoms with E-state index < -0.39 is 0 Å². The number of benzene rings is 2. The fourth-order valence-electron chi connectivity index (χ4n) is 2.33. The molecule has 3 aromatic rings. The maximum Gasteiger partial charge on any atom is 0.175 e. The van der Waals surface area contributed by atoms with E-state index in [4.69, 9.17) is 0 Å². The number of carbonyl (C=O) groups excluding carboxylic acids is 1. The molecule has 0 spiro atoms. The number of thioether (sulfide) groups is 1. The Morgan fingerprint density at radius 2 is 1.77 bits per heavy atom. The molecule has 0 radical (unpaired) electrons. The number of aryl methyl sites for hydroxylation is 2. The van der Waals surface area contributed by atoms with Crippen LogP contribution in [0.4, 0.5) is 0 Å². The number of rotatable bonds is 4. The van der Waals surface area contributed by atoms with Gasteiger partial charge < -0.3 is 4.98 Å². The first-order chi connectivity index (χ1) is 10.5. The van der Waals surface area contributed by atoms with E-state index in [1.807, 2.05) is 50.2 Å². The number of hydrogen-bond acceptors (Lipinski definition) is 3. The second-order valence-corrected chi connectivity index (χ2v) is 6.88. The van der Waals surface area contributed by atoms with E-state index in [1.165, 1.54) is 17.3 Å². The number of H-pyrrole nitrogens is 1. The van der Waals surface area contributed by atoms with Crippen LogP contribution in [0.2, 0.25) is 0 Å². The van der Waals surface area contributed by atoms with Gasteiger partial charge in [-0.25, -0.2) is 4.98 Å². The lowest BCUT2D eigenvalue weighted by atomic mass is 10.1.